The number of rotatable bonds is 4. The van der Waals surface area contributed by atoms with E-state index in [2.05, 4.69) is 9.98 Å². The highest BCUT2D eigenvalue weighted by molar-refractivity contribution is 6.17. The molecule has 2 N–H and O–H groups in total. The van der Waals surface area contributed by atoms with E-state index in [4.69, 9.17) is 5.11 Å². The van der Waals surface area contributed by atoms with Crippen LogP contribution in [0.1, 0.15) is 39.6 Å². The normalized spacial score (nSPS) is 15.6. The molecule has 0 saturated carbocycles. The summed E-state index contributed by atoms with van der Waals surface area (Å²) in [6.45, 7) is 1.82. The van der Waals surface area contributed by atoms with Crippen LogP contribution in [0.5, 0.6) is 0 Å². The van der Waals surface area contributed by atoms with Crippen molar-refractivity contribution in [2.45, 2.75) is 19.0 Å². The van der Waals surface area contributed by atoms with Gasteiger partial charge in [-0.25, -0.2) is 9.59 Å². The molecule has 0 fully saturated rings. The number of aromatic carboxylic acids is 2. The molecule has 1 aromatic rings. The fourth-order valence-corrected chi connectivity index (χ4v) is 2.05. The Bertz CT molecular complexity index is 593. The van der Waals surface area contributed by atoms with Crippen molar-refractivity contribution in [1.29, 1.82) is 0 Å². The maximum Gasteiger partial charge on any atom is 0.336 e. The summed E-state index contributed by atoms with van der Waals surface area (Å²) in [6, 6.07) is 3.87. The number of carbonyl (C=O) groups is 2. The molecule has 0 spiro atoms. The highest BCUT2D eigenvalue weighted by Gasteiger charge is 2.34. The van der Waals surface area contributed by atoms with Crippen molar-refractivity contribution in [2.75, 3.05) is 0 Å². The number of hydrogen-bond donors (Lipinski definition) is 2. The largest absolute Gasteiger partial charge is 0.478 e. The molecule has 1 aliphatic heterocycles. The molecule has 1 aliphatic rings. The van der Waals surface area contributed by atoms with Gasteiger partial charge in [0.1, 0.15) is 0 Å². The Labute approximate surface area is 109 Å². The highest BCUT2D eigenvalue weighted by Crippen LogP contribution is 2.35. The van der Waals surface area contributed by atoms with Crippen molar-refractivity contribution < 1.29 is 19.8 Å². The zero-order chi connectivity index (χ0) is 14.0. The molecule has 0 bridgehead atoms. The molecule has 98 valence electrons. The van der Waals surface area contributed by atoms with Crippen LogP contribution in [-0.4, -0.2) is 34.6 Å². The molecule has 2 rings (SSSR count). The molecule has 19 heavy (non-hydrogen) atoms. The second kappa shape index (κ2) is 4.64. The molecule has 0 aliphatic carbocycles. The van der Waals surface area contributed by atoms with Crippen LogP contribution in [0.2, 0.25) is 0 Å². The maximum absolute atomic E-state index is 11.3. The van der Waals surface area contributed by atoms with Gasteiger partial charge in [0, 0.05) is 18.0 Å². The molecular formula is C13H12N2O4. The van der Waals surface area contributed by atoms with Gasteiger partial charge in [-0.1, -0.05) is 6.92 Å². The predicted molar refractivity (Wildman–Crippen MR) is 69.3 cm³/mol. The average molecular weight is 260 g/mol. The third kappa shape index (κ3) is 2.12. The summed E-state index contributed by atoms with van der Waals surface area (Å²) in [4.78, 5) is 30.7. The van der Waals surface area contributed by atoms with Gasteiger partial charge in [0.15, 0.2) is 5.66 Å². The molecule has 0 radical (unpaired) electrons. The van der Waals surface area contributed by atoms with E-state index in [-0.39, 0.29) is 11.1 Å². The molecule has 6 nitrogen and oxygen atoms in total. The Morgan fingerprint density at radius 3 is 2.26 bits per heavy atom. The minimum atomic E-state index is -1.13. The number of aliphatic imine (C=N–C) groups is 2. The van der Waals surface area contributed by atoms with E-state index in [0.717, 1.165) is 0 Å². The first-order valence-electron chi connectivity index (χ1n) is 5.70. The minimum absolute atomic E-state index is 0.0167. The summed E-state index contributed by atoms with van der Waals surface area (Å²) in [5.74, 6) is -2.24. The third-order valence-electron chi connectivity index (χ3n) is 3.06. The van der Waals surface area contributed by atoms with Crippen LogP contribution in [0.4, 0.5) is 0 Å². The quantitative estimate of drug-likeness (QED) is 0.862. The lowest BCUT2D eigenvalue weighted by molar-refractivity contribution is 0.0678. The Morgan fingerprint density at radius 1 is 1.16 bits per heavy atom. The number of carboxylic acids is 2. The summed E-state index contributed by atoms with van der Waals surface area (Å²) in [5.41, 5.74) is -0.695. The van der Waals surface area contributed by atoms with E-state index in [1.54, 1.807) is 0 Å². The number of carboxylic acid groups (broad SMARTS) is 2. The van der Waals surface area contributed by atoms with Gasteiger partial charge in [-0.05, 0) is 24.6 Å². The first kappa shape index (κ1) is 12.9. The topological polar surface area (TPSA) is 99.3 Å². The highest BCUT2D eigenvalue weighted by atomic mass is 16.4. The van der Waals surface area contributed by atoms with Crippen LogP contribution in [0.25, 0.3) is 0 Å². The zero-order valence-corrected chi connectivity index (χ0v) is 10.2. The van der Waals surface area contributed by atoms with Gasteiger partial charge in [0.25, 0.3) is 0 Å². The molecule has 0 atom stereocenters. The molecule has 0 unspecified atom stereocenters. The average Bonchev–Trinajstić information content (AvgIpc) is 2.87. The molecular weight excluding hydrogens is 248 g/mol. The van der Waals surface area contributed by atoms with Crippen molar-refractivity contribution in [1.82, 2.24) is 0 Å². The van der Waals surface area contributed by atoms with Crippen LogP contribution >= 0.6 is 0 Å². The fourth-order valence-electron chi connectivity index (χ4n) is 2.05. The van der Waals surface area contributed by atoms with Gasteiger partial charge in [0.05, 0.1) is 11.1 Å². The van der Waals surface area contributed by atoms with Crippen molar-refractivity contribution in [3.63, 3.8) is 0 Å². The SMILES string of the molecule is CCC1(c2cc(C(=O)O)ccc2C(=O)O)N=CC=N1. The van der Waals surface area contributed by atoms with Crippen LogP contribution < -0.4 is 0 Å². The van der Waals surface area contributed by atoms with Crippen molar-refractivity contribution >= 4 is 24.4 Å². The number of nitrogens with zero attached hydrogens (tertiary/aromatic N) is 2. The first-order chi connectivity index (χ1) is 9.00. The Kier molecular flexibility index (Phi) is 3.16. The maximum atomic E-state index is 11.3. The van der Waals surface area contributed by atoms with Gasteiger partial charge in [-0.3, -0.25) is 9.98 Å². The lowest BCUT2D eigenvalue weighted by Crippen LogP contribution is -2.22. The lowest BCUT2D eigenvalue weighted by Gasteiger charge is -2.23. The van der Waals surface area contributed by atoms with Gasteiger partial charge >= 0.3 is 11.9 Å². The number of benzene rings is 1. The fraction of sp³-hybridized carbons (Fsp3) is 0.231. The van der Waals surface area contributed by atoms with Crippen LogP contribution in [0.15, 0.2) is 28.2 Å². The minimum Gasteiger partial charge on any atom is -0.478 e. The van der Waals surface area contributed by atoms with E-state index in [9.17, 15) is 14.7 Å². The van der Waals surface area contributed by atoms with Crippen molar-refractivity contribution in [3.8, 4) is 0 Å². The second-order valence-corrected chi connectivity index (χ2v) is 4.10. The smallest absolute Gasteiger partial charge is 0.336 e. The summed E-state index contributed by atoms with van der Waals surface area (Å²) >= 11 is 0. The Balaban J connectivity index is 2.68. The van der Waals surface area contributed by atoms with Gasteiger partial charge in [-0.2, -0.15) is 0 Å². The van der Waals surface area contributed by atoms with E-state index in [1.807, 2.05) is 6.92 Å². The van der Waals surface area contributed by atoms with Gasteiger partial charge < -0.3 is 10.2 Å². The van der Waals surface area contributed by atoms with Crippen LogP contribution in [-0.2, 0) is 5.66 Å². The predicted octanol–water partition coefficient (Wildman–Crippen LogP) is 1.80. The first-order valence-corrected chi connectivity index (χ1v) is 5.70. The standard InChI is InChI=1S/C13H12N2O4/c1-2-13(14-5-6-15-13)10-7-8(11(16)17)3-4-9(10)12(18)19/h3-7H,2H2,1H3,(H,16,17)(H,18,19). The van der Waals surface area contributed by atoms with E-state index >= 15 is 0 Å². The van der Waals surface area contributed by atoms with Gasteiger partial charge in [-0.15, -0.1) is 0 Å². The molecule has 6 heteroatoms. The number of hydrogen-bond acceptors (Lipinski definition) is 4. The van der Waals surface area contributed by atoms with E-state index in [1.165, 1.54) is 30.6 Å². The summed E-state index contributed by atoms with van der Waals surface area (Å²) in [6.07, 6.45) is 3.43. The van der Waals surface area contributed by atoms with Crippen LogP contribution in [0, 0.1) is 0 Å². The monoisotopic (exact) mass is 260 g/mol. The Hall–Kier alpha value is -2.50. The third-order valence-corrected chi connectivity index (χ3v) is 3.06. The van der Waals surface area contributed by atoms with E-state index in [0.29, 0.717) is 12.0 Å². The Morgan fingerprint density at radius 2 is 1.79 bits per heavy atom. The summed E-state index contributed by atoms with van der Waals surface area (Å²) in [5, 5.41) is 18.2. The molecule has 0 saturated heterocycles. The summed E-state index contributed by atoms with van der Waals surface area (Å²) < 4.78 is 0. The van der Waals surface area contributed by atoms with Crippen molar-refractivity contribution in [3.05, 3.63) is 34.9 Å². The van der Waals surface area contributed by atoms with E-state index < -0.39 is 17.6 Å². The zero-order valence-electron chi connectivity index (χ0n) is 10.2. The van der Waals surface area contributed by atoms with Crippen molar-refractivity contribution in [2.24, 2.45) is 9.98 Å². The second-order valence-electron chi connectivity index (χ2n) is 4.10. The van der Waals surface area contributed by atoms with Crippen LogP contribution in [0.3, 0.4) is 0 Å². The lowest BCUT2D eigenvalue weighted by atomic mass is 9.91. The molecule has 1 heterocycles. The molecule has 0 amide bonds. The molecule has 1 aromatic carbocycles. The van der Waals surface area contributed by atoms with Gasteiger partial charge in [0.2, 0.25) is 0 Å². The summed E-state index contributed by atoms with van der Waals surface area (Å²) in [7, 11) is 0. The molecule has 0 aromatic heterocycles.